The third-order valence-corrected chi connectivity index (χ3v) is 7.69. The number of aromatic nitrogens is 3. The smallest absolute Gasteiger partial charge is 0.262 e. The highest BCUT2D eigenvalue weighted by atomic mass is 32.1. The summed E-state index contributed by atoms with van der Waals surface area (Å²) >= 11 is 1.68. The van der Waals surface area contributed by atoms with Gasteiger partial charge in [-0.1, -0.05) is 54.6 Å². The quantitative estimate of drug-likeness (QED) is 0.420. The second-order valence-corrected chi connectivity index (χ2v) is 9.74. The lowest BCUT2D eigenvalue weighted by molar-refractivity contribution is 0.462. The first-order valence-corrected chi connectivity index (χ1v) is 12.2. The molecule has 5 aromatic rings. The van der Waals surface area contributed by atoms with Gasteiger partial charge in [-0.15, -0.1) is 11.3 Å². The number of nitrogens with one attached hydrogen (secondary N) is 1. The Balaban J connectivity index is 1.28. The Morgan fingerprint density at radius 1 is 1.03 bits per heavy atom. The van der Waals surface area contributed by atoms with E-state index in [-0.39, 0.29) is 5.56 Å². The van der Waals surface area contributed by atoms with Crippen LogP contribution >= 0.6 is 11.3 Å². The molecule has 3 heterocycles. The van der Waals surface area contributed by atoms with Crippen LogP contribution in [0.4, 0.5) is 0 Å². The van der Waals surface area contributed by atoms with Crippen molar-refractivity contribution in [3.8, 4) is 0 Å². The van der Waals surface area contributed by atoms with Gasteiger partial charge in [0, 0.05) is 29.0 Å². The largest absolute Gasteiger partial charge is 0.310 e. The topological polar surface area (TPSA) is 59.8 Å². The highest BCUT2D eigenvalue weighted by molar-refractivity contribution is 7.18. The predicted octanol–water partition coefficient (Wildman–Crippen LogP) is 4.70. The summed E-state index contributed by atoms with van der Waals surface area (Å²) in [5, 5.41) is 5.59. The van der Waals surface area contributed by atoms with Crippen molar-refractivity contribution in [1.29, 1.82) is 0 Å². The molecule has 1 unspecified atom stereocenters. The number of aryl methyl sites for hydroxylation is 1. The van der Waals surface area contributed by atoms with Crippen LogP contribution in [0.5, 0.6) is 0 Å². The Labute approximate surface area is 195 Å². The minimum Gasteiger partial charge on any atom is -0.310 e. The lowest BCUT2D eigenvalue weighted by atomic mass is 9.93. The summed E-state index contributed by atoms with van der Waals surface area (Å²) in [6, 6.07) is 21.0. The molecular formula is C27H24N4OS. The van der Waals surface area contributed by atoms with E-state index in [0.29, 0.717) is 12.6 Å². The zero-order chi connectivity index (χ0) is 22.2. The lowest BCUT2D eigenvalue weighted by Crippen LogP contribution is -2.33. The number of fused-ring (bicyclic) bond motifs is 4. The van der Waals surface area contributed by atoms with Gasteiger partial charge in [-0.05, 0) is 42.0 Å². The maximum absolute atomic E-state index is 13.5. The highest BCUT2D eigenvalue weighted by Crippen LogP contribution is 2.33. The van der Waals surface area contributed by atoms with Crippen LogP contribution in [0.1, 0.15) is 28.0 Å². The van der Waals surface area contributed by atoms with E-state index < -0.39 is 0 Å². The number of hydrogen-bond donors (Lipinski definition) is 1. The lowest BCUT2D eigenvalue weighted by Gasteiger charge is -2.23. The number of para-hydroxylation sites is 1. The first kappa shape index (κ1) is 20.3. The molecule has 0 radical (unpaired) electrons. The van der Waals surface area contributed by atoms with Gasteiger partial charge in [-0.2, -0.15) is 0 Å². The minimum atomic E-state index is 0.0566. The van der Waals surface area contributed by atoms with Crippen LogP contribution in [0, 0.1) is 0 Å². The van der Waals surface area contributed by atoms with E-state index in [9.17, 15) is 4.79 Å². The van der Waals surface area contributed by atoms with Crippen LogP contribution in [0.2, 0.25) is 0 Å². The summed E-state index contributed by atoms with van der Waals surface area (Å²) in [5.74, 6) is 0. The number of nitrogens with zero attached hydrogens (tertiary/aromatic N) is 3. The van der Waals surface area contributed by atoms with Crippen molar-refractivity contribution in [1.82, 2.24) is 19.9 Å². The molecule has 0 saturated carbocycles. The van der Waals surface area contributed by atoms with Crippen LogP contribution in [0.25, 0.3) is 21.1 Å². The molecular weight excluding hydrogens is 428 g/mol. The highest BCUT2D eigenvalue weighted by Gasteiger charge is 2.25. The number of rotatable bonds is 5. The Morgan fingerprint density at radius 3 is 2.82 bits per heavy atom. The molecule has 0 amide bonds. The zero-order valence-electron chi connectivity index (χ0n) is 18.2. The molecule has 6 heteroatoms. The molecule has 3 aromatic heterocycles. The molecule has 164 valence electrons. The third kappa shape index (κ3) is 3.86. The van der Waals surface area contributed by atoms with E-state index in [1.807, 2.05) is 36.4 Å². The standard InChI is InChI=1S/C27H24N4OS/c32-27-24-22-12-11-21(29-15-18-6-2-1-3-7-18)14-23(22)33-26(24)30-17-31(27)16-20-9-4-8-19-10-5-13-28-25(19)20/h1-10,13,17,21,29H,11-12,14-16H2. The van der Waals surface area contributed by atoms with E-state index in [4.69, 9.17) is 0 Å². The van der Waals surface area contributed by atoms with Gasteiger partial charge in [0.25, 0.3) is 5.56 Å². The Morgan fingerprint density at radius 2 is 1.91 bits per heavy atom. The SMILES string of the molecule is O=c1c2c3c(sc2ncn1Cc1cccc2cccnc12)CC(NCc1ccccc1)CC3. The summed E-state index contributed by atoms with van der Waals surface area (Å²) in [7, 11) is 0. The van der Waals surface area contributed by atoms with Gasteiger partial charge in [-0.3, -0.25) is 14.3 Å². The average Bonchev–Trinajstić information content (AvgIpc) is 3.24. The predicted molar refractivity (Wildman–Crippen MR) is 134 cm³/mol. The maximum Gasteiger partial charge on any atom is 0.262 e. The van der Waals surface area contributed by atoms with E-state index in [1.165, 1.54) is 16.0 Å². The molecule has 5 nitrogen and oxygen atoms in total. The van der Waals surface area contributed by atoms with E-state index >= 15 is 0 Å². The van der Waals surface area contributed by atoms with Gasteiger partial charge in [0.05, 0.1) is 23.8 Å². The fraction of sp³-hybridized carbons (Fsp3) is 0.222. The van der Waals surface area contributed by atoms with Crippen molar-refractivity contribution in [2.45, 2.75) is 38.4 Å². The summed E-state index contributed by atoms with van der Waals surface area (Å²) in [6.07, 6.45) is 6.40. The van der Waals surface area contributed by atoms with Gasteiger partial charge in [0.1, 0.15) is 4.83 Å². The molecule has 0 bridgehead atoms. The fourth-order valence-corrected chi connectivity index (χ4v) is 6.08. The van der Waals surface area contributed by atoms with E-state index in [2.05, 4.69) is 39.6 Å². The third-order valence-electron chi connectivity index (χ3n) is 6.53. The van der Waals surface area contributed by atoms with Gasteiger partial charge >= 0.3 is 0 Å². The molecule has 2 aromatic carbocycles. The monoisotopic (exact) mass is 452 g/mol. The summed E-state index contributed by atoms with van der Waals surface area (Å²) < 4.78 is 1.73. The van der Waals surface area contributed by atoms with Crippen molar-refractivity contribution in [2.75, 3.05) is 0 Å². The van der Waals surface area contributed by atoms with Gasteiger partial charge in [0.2, 0.25) is 0 Å². The number of hydrogen-bond acceptors (Lipinski definition) is 5. The number of thiophene rings is 1. The first-order valence-electron chi connectivity index (χ1n) is 11.4. The average molecular weight is 453 g/mol. The Hall–Kier alpha value is -3.35. The molecule has 33 heavy (non-hydrogen) atoms. The van der Waals surface area contributed by atoms with E-state index in [1.54, 1.807) is 28.4 Å². The van der Waals surface area contributed by atoms with Crippen LogP contribution in [0.3, 0.4) is 0 Å². The summed E-state index contributed by atoms with van der Waals surface area (Å²) in [6.45, 7) is 1.35. The number of benzene rings is 2. The second-order valence-electron chi connectivity index (χ2n) is 8.66. The van der Waals surface area contributed by atoms with Crippen LogP contribution in [0.15, 0.2) is 78.0 Å². The second kappa shape index (κ2) is 8.54. The first-order chi connectivity index (χ1) is 16.3. The Kier molecular flexibility index (Phi) is 5.24. The van der Waals surface area contributed by atoms with Crippen LogP contribution in [-0.2, 0) is 25.9 Å². The maximum atomic E-state index is 13.5. The van der Waals surface area contributed by atoms with Crippen molar-refractivity contribution in [2.24, 2.45) is 0 Å². The number of pyridine rings is 1. The van der Waals surface area contributed by atoms with Gasteiger partial charge in [0.15, 0.2) is 0 Å². The van der Waals surface area contributed by atoms with Crippen molar-refractivity contribution in [3.63, 3.8) is 0 Å². The summed E-state index contributed by atoms with van der Waals surface area (Å²) in [4.78, 5) is 24.9. The van der Waals surface area contributed by atoms with Crippen molar-refractivity contribution >= 4 is 32.5 Å². The van der Waals surface area contributed by atoms with Crippen LogP contribution < -0.4 is 10.9 Å². The molecule has 0 saturated heterocycles. The molecule has 0 spiro atoms. The Bertz CT molecular complexity index is 1500. The molecule has 1 N–H and O–H groups in total. The molecule has 0 aliphatic heterocycles. The summed E-state index contributed by atoms with van der Waals surface area (Å²) in [5.41, 5.74) is 4.53. The normalized spacial score (nSPS) is 15.7. The molecule has 0 fully saturated rings. The molecule has 1 aliphatic carbocycles. The zero-order valence-corrected chi connectivity index (χ0v) is 19.0. The van der Waals surface area contributed by atoms with Gasteiger partial charge in [-0.25, -0.2) is 4.98 Å². The molecule has 1 aliphatic rings. The molecule has 6 rings (SSSR count). The van der Waals surface area contributed by atoms with Crippen LogP contribution in [-0.4, -0.2) is 20.6 Å². The van der Waals surface area contributed by atoms with Gasteiger partial charge < -0.3 is 5.32 Å². The van der Waals surface area contributed by atoms with Crippen molar-refractivity contribution < 1.29 is 0 Å². The molecule has 1 atom stereocenters. The van der Waals surface area contributed by atoms with Crippen molar-refractivity contribution in [3.05, 3.63) is 105 Å². The fourth-order valence-electron chi connectivity index (χ4n) is 4.82. The van der Waals surface area contributed by atoms with E-state index in [0.717, 1.165) is 52.5 Å². The minimum absolute atomic E-state index is 0.0566.